The predicted molar refractivity (Wildman–Crippen MR) is 75.0 cm³/mol. The quantitative estimate of drug-likeness (QED) is 0.732. The highest BCUT2D eigenvalue weighted by atomic mass is 19.3. The van der Waals surface area contributed by atoms with Gasteiger partial charge in [0.1, 0.15) is 0 Å². The van der Waals surface area contributed by atoms with Gasteiger partial charge in [-0.05, 0) is 31.2 Å². The van der Waals surface area contributed by atoms with Gasteiger partial charge < -0.3 is 4.90 Å². The van der Waals surface area contributed by atoms with Crippen LogP contribution in [0, 0.1) is 17.3 Å². The van der Waals surface area contributed by atoms with Gasteiger partial charge in [0.05, 0.1) is 17.3 Å². The highest BCUT2D eigenvalue weighted by molar-refractivity contribution is 5.60. The standard InChI is InChI=1S/C16H18F2N2/c1-15(17,18)16(7-8-16)6-5-12-10-19-11-14-13(12)4-3-9-20(14)2/h10-11H,3-4,7-9H2,1-2H3. The second-order valence-electron chi connectivity index (χ2n) is 5.93. The molecule has 0 spiro atoms. The fraction of sp³-hybridized carbons (Fsp3) is 0.562. The molecule has 0 amide bonds. The number of pyridine rings is 1. The van der Waals surface area contributed by atoms with Crippen LogP contribution in [0.4, 0.5) is 14.5 Å². The summed E-state index contributed by atoms with van der Waals surface area (Å²) in [5.41, 5.74) is 1.94. The Morgan fingerprint density at radius 1 is 1.35 bits per heavy atom. The van der Waals surface area contributed by atoms with E-state index < -0.39 is 11.3 Å². The largest absolute Gasteiger partial charge is 0.373 e. The highest BCUT2D eigenvalue weighted by Crippen LogP contribution is 2.56. The van der Waals surface area contributed by atoms with Crippen molar-refractivity contribution in [3.8, 4) is 11.8 Å². The van der Waals surface area contributed by atoms with E-state index in [0.717, 1.165) is 43.1 Å². The van der Waals surface area contributed by atoms with Crippen LogP contribution in [-0.2, 0) is 6.42 Å². The number of aromatic nitrogens is 1. The van der Waals surface area contributed by atoms with Crippen molar-refractivity contribution in [3.05, 3.63) is 23.5 Å². The maximum atomic E-state index is 13.5. The first kappa shape index (κ1) is 13.4. The molecule has 106 valence electrons. The summed E-state index contributed by atoms with van der Waals surface area (Å²) in [7, 11) is 2.03. The Hall–Kier alpha value is -1.63. The Balaban J connectivity index is 1.96. The molecule has 1 aromatic rings. The predicted octanol–water partition coefficient (Wildman–Crippen LogP) is 3.25. The van der Waals surface area contributed by atoms with Crippen LogP contribution in [0.1, 0.15) is 37.3 Å². The minimum atomic E-state index is -2.72. The maximum absolute atomic E-state index is 13.5. The summed E-state index contributed by atoms with van der Waals surface area (Å²) in [6, 6.07) is 0. The van der Waals surface area contributed by atoms with Gasteiger partial charge in [0.15, 0.2) is 0 Å². The lowest BCUT2D eigenvalue weighted by molar-refractivity contribution is -0.0294. The van der Waals surface area contributed by atoms with Crippen LogP contribution in [-0.4, -0.2) is 24.5 Å². The van der Waals surface area contributed by atoms with Crippen LogP contribution in [0.3, 0.4) is 0 Å². The third-order valence-corrected chi connectivity index (χ3v) is 4.39. The van der Waals surface area contributed by atoms with Crippen LogP contribution in [0.15, 0.2) is 12.4 Å². The van der Waals surface area contributed by atoms with Crippen molar-refractivity contribution >= 4 is 5.69 Å². The number of nitrogens with zero attached hydrogens (tertiary/aromatic N) is 2. The van der Waals surface area contributed by atoms with Crippen LogP contribution >= 0.6 is 0 Å². The van der Waals surface area contributed by atoms with Crippen molar-refractivity contribution in [2.45, 2.75) is 38.5 Å². The van der Waals surface area contributed by atoms with E-state index in [2.05, 4.69) is 21.7 Å². The molecule has 2 heterocycles. The molecule has 1 fully saturated rings. The molecule has 1 aromatic heterocycles. The number of fused-ring (bicyclic) bond motifs is 1. The number of alkyl halides is 2. The molecule has 0 aromatic carbocycles. The smallest absolute Gasteiger partial charge is 0.261 e. The summed E-state index contributed by atoms with van der Waals surface area (Å²) in [5, 5.41) is 0. The molecule has 0 saturated heterocycles. The summed E-state index contributed by atoms with van der Waals surface area (Å²) >= 11 is 0. The van der Waals surface area contributed by atoms with E-state index in [1.165, 1.54) is 0 Å². The maximum Gasteiger partial charge on any atom is 0.261 e. The zero-order valence-corrected chi connectivity index (χ0v) is 11.8. The van der Waals surface area contributed by atoms with Crippen molar-refractivity contribution in [2.24, 2.45) is 5.41 Å². The zero-order valence-electron chi connectivity index (χ0n) is 11.8. The molecule has 1 aliphatic carbocycles. The van der Waals surface area contributed by atoms with Gasteiger partial charge in [0.25, 0.3) is 5.92 Å². The van der Waals surface area contributed by atoms with E-state index in [9.17, 15) is 8.78 Å². The van der Waals surface area contributed by atoms with Crippen LogP contribution in [0.5, 0.6) is 0 Å². The number of hydrogen-bond donors (Lipinski definition) is 0. The summed E-state index contributed by atoms with van der Waals surface area (Å²) in [6.45, 7) is 1.98. The van der Waals surface area contributed by atoms with Crippen molar-refractivity contribution in [2.75, 3.05) is 18.5 Å². The number of hydrogen-bond acceptors (Lipinski definition) is 2. The molecule has 0 bridgehead atoms. The Bertz CT molecular complexity index is 589. The number of rotatable bonds is 1. The van der Waals surface area contributed by atoms with Crippen molar-refractivity contribution in [1.29, 1.82) is 0 Å². The molecule has 0 atom stereocenters. The average molecular weight is 276 g/mol. The minimum Gasteiger partial charge on any atom is -0.373 e. The van der Waals surface area contributed by atoms with E-state index in [1.54, 1.807) is 6.20 Å². The first-order valence-corrected chi connectivity index (χ1v) is 7.02. The fourth-order valence-electron chi connectivity index (χ4n) is 2.77. The second-order valence-corrected chi connectivity index (χ2v) is 5.93. The van der Waals surface area contributed by atoms with E-state index in [1.807, 2.05) is 13.2 Å². The van der Waals surface area contributed by atoms with E-state index >= 15 is 0 Å². The van der Waals surface area contributed by atoms with Gasteiger partial charge in [-0.2, -0.15) is 0 Å². The Kier molecular flexibility index (Phi) is 2.97. The lowest BCUT2D eigenvalue weighted by Crippen LogP contribution is -2.26. The molecule has 2 aliphatic rings. The molecule has 0 unspecified atom stereocenters. The van der Waals surface area contributed by atoms with Crippen molar-refractivity contribution in [1.82, 2.24) is 4.98 Å². The summed E-state index contributed by atoms with van der Waals surface area (Å²) < 4.78 is 27.1. The Morgan fingerprint density at radius 3 is 2.75 bits per heavy atom. The summed E-state index contributed by atoms with van der Waals surface area (Å²) in [5.74, 6) is 3.09. The second kappa shape index (κ2) is 4.44. The average Bonchev–Trinajstić information content (AvgIpc) is 3.17. The number of halogens is 2. The molecule has 0 radical (unpaired) electrons. The molecule has 3 rings (SSSR count). The van der Waals surface area contributed by atoms with Crippen molar-refractivity contribution < 1.29 is 8.78 Å². The third-order valence-electron chi connectivity index (χ3n) is 4.39. The lowest BCUT2D eigenvalue weighted by atomic mass is 9.96. The minimum absolute atomic E-state index is 0.492. The molecule has 1 aliphatic heterocycles. The Morgan fingerprint density at radius 2 is 2.10 bits per heavy atom. The molecule has 20 heavy (non-hydrogen) atoms. The van der Waals surface area contributed by atoms with Gasteiger partial charge in [-0.3, -0.25) is 4.98 Å². The fourth-order valence-corrected chi connectivity index (χ4v) is 2.77. The van der Waals surface area contributed by atoms with Gasteiger partial charge in [-0.1, -0.05) is 11.8 Å². The molecule has 2 nitrogen and oxygen atoms in total. The zero-order chi connectivity index (χ0) is 14.4. The Labute approximate surface area is 118 Å². The van der Waals surface area contributed by atoms with Gasteiger partial charge >= 0.3 is 0 Å². The van der Waals surface area contributed by atoms with Gasteiger partial charge in [-0.15, -0.1) is 0 Å². The van der Waals surface area contributed by atoms with Crippen LogP contribution in [0.2, 0.25) is 0 Å². The normalized spacial score (nSPS) is 19.9. The van der Waals surface area contributed by atoms with Crippen molar-refractivity contribution in [3.63, 3.8) is 0 Å². The first-order chi connectivity index (χ1) is 9.43. The van der Waals surface area contributed by atoms with Gasteiger partial charge in [0, 0.05) is 32.3 Å². The van der Waals surface area contributed by atoms with E-state index in [-0.39, 0.29) is 0 Å². The summed E-state index contributed by atoms with van der Waals surface area (Å²) in [6.07, 6.45) is 6.53. The SMILES string of the molecule is CN1CCCc2c(C#CC3(C(C)(F)F)CC3)cncc21. The number of anilines is 1. The monoisotopic (exact) mass is 276 g/mol. The summed E-state index contributed by atoms with van der Waals surface area (Å²) in [4.78, 5) is 6.35. The first-order valence-electron chi connectivity index (χ1n) is 7.02. The van der Waals surface area contributed by atoms with E-state index in [4.69, 9.17) is 0 Å². The molecule has 0 N–H and O–H groups in total. The molecular weight excluding hydrogens is 258 g/mol. The molecule has 1 saturated carbocycles. The molecule has 4 heteroatoms. The van der Waals surface area contributed by atoms with Crippen LogP contribution < -0.4 is 4.90 Å². The third kappa shape index (κ3) is 2.15. The topological polar surface area (TPSA) is 16.1 Å². The lowest BCUT2D eigenvalue weighted by Gasteiger charge is -2.27. The van der Waals surface area contributed by atoms with Gasteiger partial charge in [0.2, 0.25) is 0 Å². The van der Waals surface area contributed by atoms with Crippen LogP contribution in [0.25, 0.3) is 0 Å². The van der Waals surface area contributed by atoms with Gasteiger partial charge in [-0.25, -0.2) is 8.78 Å². The highest BCUT2D eigenvalue weighted by Gasteiger charge is 2.58. The van der Waals surface area contributed by atoms with E-state index in [0.29, 0.717) is 12.8 Å². The molecular formula is C16H18F2N2.